The summed E-state index contributed by atoms with van der Waals surface area (Å²) in [6.45, 7) is 3.58. The summed E-state index contributed by atoms with van der Waals surface area (Å²) < 4.78 is 0. The molecule has 0 aromatic carbocycles. The summed E-state index contributed by atoms with van der Waals surface area (Å²) in [6, 6.07) is 0. The van der Waals surface area contributed by atoms with Gasteiger partial charge in [-0.05, 0) is 12.5 Å². The number of Topliss-reactive ketones (excluding diaryl/α,β-unsaturated/α-hetero) is 2. The van der Waals surface area contributed by atoms with Gasteiger partial charge in [-0.1, -0.05) is 6.58 Å². The SMILES string of the molecule is C=C(C)C(=O)C(=O)[C@@H](O)[C@@H](O)[C@H](O)[C@H](O)CO. The number of aliphatic hydroxyl groups is 5. The fourth-order valence-electron chi connectivity index (χ4n) is 1.02. The maximum absolute atomic E-state index is 11.3. The van der Waals surface area contributed by atoms with Crippen LogP contribution in [0.5, 0.6) is 0 Å². The Balaban J connectivity index is 4.70. The van der Waals surface area contributed by atoms with Crippen LogP contribution in [0.25, 0.3) is 0 Å². The van der Waals surface area contributed by atoms with Crippen molar-refractivity contribution in [3.8, 4) is 0 Å². The molecule has 0 spiro atoms. The third-order valence-corrected chi connectivity index (χ3v) is 2.13. The molecule has 4 atom stereocenters. The van der Waals surface area contributed by atoms with Gasteiger partial charge in [-0.25, -0.2) is 0 Å². The topological polar surface area (TPSA) is 135 Å². The Labute approximate surface area is 97.6 Å². The van der Waals surface area contributed by atoms with Crippen molar-refractivity contribution in [1.82, 2.24) is 0 Å². The van der Waals surface area contributed by atoms with Crippen LogP contribution in [0.1, 0.15) is 6.92 Å². The Morgan fingerprint density at radius 1 is 1.12 bits per heavy atom. The third-order valence-electron chi connectivity index (χ3n) is 2.13. The van der Waals surface area contributed by atoms with Crippen molar-refractivity contribution in [2.24, 2.45) is 0 Å². The standard InChI is InChI=1S/C10H16O7/c1-4(2)6(13)8(15)10(17)9(16)7(14)5(12)3-11/h5,7,9-12,14,16-17H,1,3H2,2H3/t5-,7-,9+,10-/m1/s1. The average molecular weight is 248 g/mol. The van der Waals surface area contributed by atoms with Crippen molar-refractivity contribution in [3.05, 3.63) is 12.2 Å². The summed E-state index contributed by atoms with van der Waals surface area (Å²) in [4.78, 5) is 22.4. The van der Waals surface area contributed by atoms with Crippen LogP contribution in [0.4, 0.5) is 0 Å². The molecule has 7 nitrogen and oxygen atoms in total. The number of carbonyl (C=O) groups excluding carboxylic acids is 2. The molecule has 0 unspecified atom stereocenters. The van der Waals surface area contributed by atoms with Crippen molar-refractivity contribution < 1.29 is 35.1 Å². The molecule has 17 heavy (non-hydrogen) atoms. The van der Waals surface area contributed by atoms with Gasteiger partial charge in [-0.2, -0.15) is 0 Å². The first-order chi connectivity index (χ1) is 7.73. The van der Waals surface area contributed by atoms with Gasteiger partial charge in [0.05, 0.1) is 6.61 Å². The van der Waals surface area contributed by atoms with Gasteiger partial charge in [0.1, 0.15) is 24.4 Å². The lowest BCUT2D eigenvalue weighted by atomic mass is 9.97. The quantitative estimate of drug-likeness (QED) is 0.241. The molecule has 0 radical (unpaired) electrons. The van der Waals surface area contributed by atoms with Gasteiger partial charge >= 0.3 is 0 Å². The van der Waals surface area contributed by atoms with E-state index in [4.69, 9.17) is 10.2 Å². The lowest BCUT2D eigenvalue weighted by molar-refractivity contribution is -0.152. The Morgan fingerprint density at radius 2 is 1.59 bits per heavy atom. The second-order valence-electron chi connectivity index (χ2n) is 3.65. The van der Waals surface area contributed by atoms with E-state index in [1.54, 1.807) is 0 Å². The lowest BCUT2D eigenvalue weighted by Gasteiger charge is -2.24. The largest absolute Gasteiger partial charge is 0.394 e. The second-order valence-corrected chi connectivity index (χ2v) is 3.65. The number of carbonyl (C=O) groups is 2. The Kier molecular flexibility index (Phi) is 6.14. The maximum Gasteiger partial charge on any atom is 0.234 e. The van der Waals surface area contributed by atoms with E-state index in [2.05, 4.69) is 6.58 Å². The van der Waals surface area contributed by atoms with Gasteiger partial charge in [0, 0.05) is 0 Å². The molecule has 0 rings (SSSR count). The minimum Gasteiger partial charge on any atom is -0.394 e. The maximum atomic E-state index is 11.3. The van der Waals surface area contributed by atoms with Crippen LogP contribution < -0.4 is 0 Å². The first-order valence-electron chi connectivity index (χ1n) is 4.81. The van der Waals surface area contributed by atoms with Gasteiger partial charge < -0.3 is 25.5 Å². The monoisotopic (exact) mass is 248 g/mol. The summed E-state index contributed by atoms with van der Waals surface area (Å²) in [7, 11) is 0. The molecule has 0 fully saturated rings. The molecule has 5 N–H and O–H groups in total. The summed E-state index contributed by atoms with van der Waals surface area (Å²) in [5.74, 6) is -2.42. The molecule has 0 bridgehead atoms. The van der Waals surface area contributed by atoms with E-state index in [0.29, 0.717) is 0 Å². The van der Waals surface area contributed by atoms with E-state index < -0.39 is 42.6 Å². The third kappa shape index (κ3) is 3.99. The van der Waals surface area contributed by atoms with E-state index in [1.807, 2.05) is 0 Å². The number of ketones is 2. The highest BCUT2D eigenvalue weighted by Gasteiger charge is 2.36. The number of rotatable bonds is 7. The summed E-state index contributed by atoms with van der Waals surface area (Å²) in [5.41, 5.74) is -0.126. The highest BCUT2D eigenvalue weighted by molar-refractivity contribution is 6.44. The van der Waals surface area contributed by atoms with Crippen LogP contribution in [0, 0.1) is 0 Å². The minimum atomic E-state index is -2.18. The van der Waals surface area contributed by atoms with Crippen LogP contribution in [0.15, 0.2) is 12.2 Å². The first-order valence-corrected chi connectivity index (χ1v) is 4.81. The minimum absolute atomic E-state index is 0.126. The molecule has 0 saturated heterocycles. The van der Waals surface area contributed by atoms with Gasteiger partial charge in [-0.15, -0.1) is 0 Å². The molecular formula is C10H16O7. The highest BCUT2D eigenvalue weighted by atomic mass is 16.4. The fourth-order valence-corrected chi connectivity index (χ4v) is 1.02. The predicted octanol–water partition coefficient (Wildman–Crippen LogP) is -2.86. The van der Waals surface area contributed by atoms with E-state index in [-0.39, 0.29) is 5.57 Å². The predicted molar refractivity (Wildman–Crippen MR) is 55.9 cm³/mol. The molecule has 0 aliphatic heterocycles. The van der Waals surface area contributed by atoms with Crippen LogP contribution in [0.3, 0.4) is 0 Å². The number of hydrogen-bond acceptors (Lipinski definition) is 7. The van der Waals surface area contributed by atoms with E-state index >= 15 is 0 Å². The van der Waals surface area contributed by atoms with Crippen molar-refractivity contribution >= 4 is 11.6 Å². The van der Waals surface area contributed by atoms with Crippen molar-refractivity contribution in [3.63, 3.8) is 0 Å². The lowest BCUT2D eigenvalue weighted by Crippen LogP contribution is -2.50. The second kappa shape index (κ2) is 6.58. The van der Waals surface area contributed by atoms with Crippen LogP contribution in [-0.4, -0.2) is 68.1 Å². The van der Waals surface area contributed by atoms with Crippen LogP contribution in [0.2, 0.25) is 0 Å². The molecule has 0 saturated carbocycles. The number of aliphatic hydroxyl groups excluding tert-OH is 5. The normalized spacial score (nSPS) is 18.0. The average Bonchev–Trinajstić information content (AvgIpc) is 2.32. The molecule has 0 aromatic heterocycles. The summed E-state index contributed by atoms with van der Waals surface area (Å²) in [6.07, 6.45) is -7.94. The van der Waals surface area contributed by atoms with Crippen LogP contribution in [-0.2, 0) is 9.59 Å². The van der Waals surface area contributed by atoms with Gasteiger partial charge in [0.15, 0.2) is 0 Å². The molecule has 98 valence electrons. The van der Waals surface area contributed by atoms with Gasteiger partial charge in [-0.3, -0.25) is 9.59 Å². The zero-order valence-electron chi connectivity index (χ0n) is 9.28. The molecule has 0 aromatic rings. The van der Waals surface area contributed by atoms with E-state index in [0.717, 1.165) is 0 Å². The molecule has 7 heteroatoms. The Hall–Kier alpha value is -1.12. The number of hydrogen-bond donors (Lipinski definition) is 5. The van der Waals surface area contributed by atoms with E-state index in [9.17, 15) is 24.9 Å². The summed E-state index contributed by atoms with van der Waals surface area (Å²) in [5, 5.41) is 45.3. The zero-order valence-corrected chi connectivity index (χ0v) is 9.28. The first kappa shape index (κ1) is 15.9. The zero-order chi connectivity index (χ0) is 13.7. The Bertz CT molecular complexity index is 312. The van der Waals surface area contributed by atoms with Crippen molar-refractivity contribution in [2.45, 2.75) is 31.3 Å². The van der Waals surface area contributed by atoms with Crippen molar-refractivity contribution in [2.75, 3.05) is 6.61 Å². The van der Waals surface area contributed by atoms with Crippen LogP contribution >= 0.6 is 0 Å². The molecule has 0 heterocycles. The molecular weight excluding hydrogens is 232 g/mol. The number of allylic oxidation sites excluding steroid dienone is 1. The molecule has 0 aliphatic rings. The molecule has 0 aliphatic carbocycles. The fraction of sp³-hybridized carbons (Fsp3) is 0.600. The van der Waals surface area contributed by atoms with Gasteiger partial charge in [0.25, 0.3) is 0 Å². The summed E-state index contributed by atoms with van der Waals surface area (Å²) >= 11 is 0. The smallest absolute Gasteiger partial charge is 0.234 e. The van der Waals surface area contributed by atoms with Gasteiger partial charge in [0.2, 0.25) is 11.6 Å². The highest BCUT2D eigenvalue weighted by Crippen LogP contribution is 2.08. The molecule has 0 amide bonds. The van der Waals surface area contributed by atoms with Crippen molar-refractivity contribution in [1.29, 1.82) is 0 Å². The van der Waals surface area contributed by atoms with E-state index in [1.165, 1.54) is 6.92 Å². The Morgan fingerprint density at radius 3 is 1.94 bits per heavy atom.